The fraction of sp³-hybridized carbons (Fsp3) is 0.320. The summed E-state index contributed by atoms with van der Waals surface area (Å²) in [6.07, 6.45) is 3.03. The topological polar surface area (TPSA) is 281 Å². The molecule has 5 amide bonds. The van der Waals surface area contributed by atoms with Gasteiger partial charge in [0.25, 0.3) is 0 Å². The molecule has 0 aliphatic carbocycles. The van der Waals surface area contributed by atoms with Gasteiger partial charge in [-0.1, -0.05) is 18.2 Å². The number of carbonyl (C=O) groups excluding carboxylic acids is 5. The Balaban J connectivity index is 1.72. The standard InChI is InChI=1S/C25H31N9O7/c26-15(6-13-10-29-11-31-13)22(37)32-17(7-20(27)35)23(38)33-18(8-21(28)36)24(39)34-19(25(40)41)5-12-9-30-16-4-2-1-3-14(12)16/h1-4,9-11,15,17-19,30H,5-8,26H2,(H2,27,35)(H2,28,36)(H,29,31)(H,32,37)(H,33,38)(H,34,39)(H,40,41). The van der Waals surface area contributed by atoms with Crippen molar-refractivity contribution in [2.75, 3.05) is 0 Å². The molecule has 3 aromatic rings. The number of nitrogens with two attached hydrogens (primary N) is 3. The Hall–Kier alpha value is -5.25. The summed E-state index contributed by atoms with van der Waals surface area (Å²) in [7, 11) is 0. The number of benzene rings is 1. The molecule has 0 saturated heterocycles. The number of H-pyrrole nitrogens is 2. The van der Waals surface area contributed by atoms with Crippen LogP contribution in [0.15, 0.2) is 43.0 Å². The van der Waals surface area contributed by atoms with Crippen LogP contribution in [0, 0.1) is 0 Å². The molecule has 218 valence electrons. The van der Waals surface area contributed by atoms with Crippen molar-refractivity contribution >= 4 is 46.4 Å². The molecule has 3 rings (SSSR count). The molecule has 0 saturated carbocycles. The molecule has 41 heavy (non-hydrogen) atoms. The lowest BCUT2D eigenvalue weighted by Crippen LogP contribution is -2.58. The highest BCUT2D eigenvalue weighted by Gasteiger charge is 2.32. The van der Waals surface area contributed by atoms with Gasteiger partial charge in [0, 0.05) is 41.8 Å². The first kappa shape index (κ1) is 30.3. The van der Waals surface area contributed by atoms with Crippen molar-refractivity contribution in [3.63, 3.8) is 0 Å². The molecule has 4 unspecified atom stereocenters. The summed E-state index contributed by atoms with van der Waals surface area (Å²) in [4.78, 5) is 83.6. The van der Waals surface area contributed by atoms with Crippen molar-refractivity contribution < 1.29 is 33.9 Å². The number of amides is 5. The van der Waals surface area contributed by atoms with E-state index < -0.39 is 72.5 Å². The summed E-state index contributed by atoms with van der Waals surface area (Å²) in [5.41, 5.74) is 18.3. The van der Waals surface area contributed by atoms with E-state index in [1.54, 1.807) is 30.5 Å². The smallest absolute Gasteiger partial charge is 0.326 e. The van der Waals surface area contributed by atoms with Gasteiger partial charge in [0.2, 0.25) is 29.5 Å². The van der Waals surface area contributed by atoms with Crippen molar-refractivity contribution in [2.24, 2.45) is 17.2 Å². The van der Waals surface area contributed by atoms with E-state index in [0.717, 1.165) is 10.9 Å². The number of primary amides is 2. The quantitative estimate of drug-likeness (QED) is 0.0918. The highest BCUT2D eigenvalue weighted by atomic mass is 16.4. The summed E-state index contributed by atoms with van der Waals surface area (Å²) >= 11 is 0. The molecule has 4 atom stereocenters. The Morgan fingerprint density at radius 3 is 1.98 bits per heavy atom. The van der Waals surface area contributed by atoms with E-state index in [9.17, 15) is 33.9 Å². The lowest BCUT2D eigenvalue weighted by atomic mass is 10.0. The second-order valence-electron chi connectivity index (χ2n) is 9.31. The normalized spacial score (nSPS) is 13.9. The number of imidazole rings is 1. The predicted octanol–water partition coefficient (Wildman–Crippen LogP) is -2.71. The summed E-state index contributed by atoms with van der Waals surface area (Å²) in [5.74, 6) is -6.17. The van der Waals surface area contributed by atoms with Crippen LogP contribution < -0.4 is 33.2 Å². The highest BCUT2D eigenvalue weighted by molar-refractivity contribution is 5.97. The predicted molar refractivity (Wildman–Crippen MR) is 143 cm³/mol. The fourth-order valence-electron chi connectivity index (χ4n) is 4.09. The first-order valence-electron chi connectivity index (χ1n) is 12.4. The number of hydrogen-bond acceptors (Lipinski definition) is 8. The number of nitrogens with zero attached hydrogens (tertiary/aromatic N) is 1. The number of carboxylic acids is 1. The van der Waals surface area contributed by atoms with Crippen LogP contribution in [0.5, 0.6) is 0 Å². The lowest BCUT2D eigenvalue weighted by molar-refractivity contribution is -0.142. The summed E-state index contributed by atoms with van der Waals surface area (Å²) in [6, 6.07) is 1.41. The number of carboxylic acid groups (broad SMARTS) is 1. The zero-order chi connectivity index (χ0) is 30.1. The number of aromatic amines is 2. The van der Waals surface area contributed by atoms with Crippen LogP contribution in [0.1, 0.15) is 24.1 Å². The molecule has 2 heterocycles. The third-order valence-electron chi connectivity index (χ3n) is 6.12. The van der Waals surface area contributed by atoms with Gasteiger partial charge in [-0.2, -0.15) is 0 Å². The van der Waals surface area contributed by atoms with E-state index in [2.05, 4.69) is 30.9 Å². The van der Waals surface area contributed by atoms with E-state index in [-0.39, 0.29) is 12.8 Å². The van der Waals surface area contributed by atoms with E-state index in [1.807, 2.05) is 0 Å². The van der Waals surface area contributed by atoms with Crippen LogP contribution in [-0.4, -0.2) is 79.7 Å². The first-order chi connectivity index (χ1) is 19.4. The molecule has 0 aliphatic heterocycles. The van der Waals surface area contributed by atoms with Gasteiger partial charge in [0.05, 0.1) is 25.2 Å². The largest absolute Gasteiger partial charge is 0.480 e. The number of fused-ring (bicyclic) bond motifs is 1. The van der Waals surface area contributed by atoms with Crippen LogP contribution in [0.25, 0.3) is 10.9 Å². The van der Waals surface area contributed by atoms with Crippen LogP contribution in [0.4, 0.5) is 0 Å². The number of aromatic nitrogens is 3. The number of para-hydroxylation sites is 1. The Bertz CT molecular complexity index is 1420. The van der Waals surface area contributed by atoms with Gasteiger partial charge in [-0.05, 0) is 11.6 Å². The van der Waals surface area contributed by atoms with Gasteiger partial charge in [-0.15, -0.1) is 0 Å². The SMILES string of the molecule is NC(=O)CC(NC(=O)C(N)Cc1cnc[nH]1)C(=O)NC(CC(N)=O)C(=O)NC(Cc1c[nH]c2ccccc12)C(=O)O. The maximum absolute atomic E-state index is 13.1. The Labute approximate surface area is 232 Å². The third-order valence-corrected chi connectivity index (χ3v) is 6.12. The highest BCUT2D eigenvalue weighted by Crippen LogP contribution is 2.19. The molecule has 0 aliphatic rings. The molecule has 16 nitrogen and oxygen atoms in total. The third kappa shape index (κ3) is 8.62. The van der Waals surface area contributed by atoms with Gasteiger partial charge in [-0.25, -0.2) is 9.78 Å². The van der Waals surface area contributed by atoms with Gasteiger partial charge >= 0.3 is 5.97 Å². The number of nitrogens with one attached hydrogen (secondary N) is 5. The van der Waals surface area contributed by atoms with Gasteiger partial charge in [0.1, 0.15) is 18.1 Å². The molecule has 0 fully saturated rings. The van der Waals surface area contributed by atoms with Crippen molar-refractivity contribution in [1.29, 1.82) is 0 Å². The molecule has 1 aromatic carbocycles. The minimum Gasteiger partial charge on any atom is -0.480 e. The van der Waals surface area contributed by atoms with Crippen molar-refractivity contribution in [2.45, 2.75) is 49.9 Å². The average Bonchev–Trinajstić information content (AvgIpc) is 3.56. The number of carbonyl (C=O) groups is 6. The first-order valence-corrected chi connectivity index (χ1v) is 12.4. The van der Waals surface area contributed by atoms with Gasteiger partial charge in [-0.3, -0.25) is 24.0 Å². The van der Waals surface area contributed by atoms with Crippen LogP contribution in [0.3, 0.4) is 0 Å². The zero-order valence-corrected chi connectivity index (χ0v) is 21.8. The molecular weight excluding hydrogens is 538 g/mol. The van der Waals surface area contributed by atoms with Crippen molar-refractivity contribution in [3.8, 4) is 0 Å². The maximum atomic E-state index is 13.1. The molecule has 12 N–H and O–H groups in total. The Kier molecular flexibility index (Phi) is 10.1. The van der Waals surface area contributed by atoms with E-state index in [0.29, 0.717) is 11.3 Å². The molecule has 16 heteroatoms. The van der Waals surface area contributed by atoms with Crippen LogP contribution in [0.2, 0.25) is 0 Å². The van der Waals surface area contributed by atoms with E-state index >= 15 is 0 Å². The zero-order valence-electron chi connectivity index (χ0n) is 21.8. The molecule has 0 spiro atoms. The Morgan fingerprint density at radius 1 is 0.829 bits per heavy atom. The monoisotopic (exact) mass is 569 g/mol. The second kappa shape index (κ2) is 13.7. The molecule has 2 aromatic heterocycles. The van der Waals surface area contributed by atoms with Crippen molar-refractivity contribution in [1.82, 2.24) is 30.9 Å². The maximum Gasteiger partial charge on any atom is 0.326 e. The van der Waals surface area contributed by atoms with Crippen LogP contribution >= 0.6 is 0 Å². The number of aliphatic carboxylic acids is 1. The number of rotatable bonds is 15. The minimum atomic E-state index is -1.63. The summed E-state index contributed by atoms with van der Waals surface area (Å²) in [5, 5.41) is 17.4. The second-order valence-corrected chi connectivity index (χ2v) is 9.31. The minimum absolute atomic E-state index is 0.0382. The molecule has 0 bridgehead atoms. The summed E-state index contributed by atoms with van der Waals surface area (Å²) in [6.45, 7) is 0. The van der Waals surface area contributed by atoms with Gasteiger partial charge < -0.3 is 48.2 Å². The van der Waals surface area contributed by atoms with E-state index in [1.165, 1.54) is 12.5 Å². The van der Waals surface area contributed by atoms with E-state index in [4.69, 9.17) is 17.2 Å². The fourth-order valence-corrected chi connectivity index (χ4v) is 4.09. The Morgan fingerprint density at radius 2 is 1.41 bits per heavy atom. The van der Waals surface area contributed by atoms with Crippen molar-refractivity contribution in [3.05, 3.63) is 54.2 Å². The van der Waals surface area contributed by atoms with Crippen LogP contribution in [-0.2, 0) is 41.6 Å². The summed E-state index contributed by atoms with van der Waals surface area (Å²) < 4.78 is 0. The lowest BCUT2D eigenvalue weighted by Gasteiger charge is -2.24. The average molecular weight is 570 g/mol. The number of hydrogen-bond donors (Lipinski definition) is 9. The molecule has 0 radical (unpaired) electrons. The molecular formula is C25H31N9O7. The van der Waals surface area contributed by atoms with Gasteiger partial charge in [0.15, 0.2) is 0 Å².